The molecule has 0 saturated heterocycles. The van der Waals surface area contributed by atoms with Gasteiger partial charge in [0.05, 0.1) is 6.33 Å². The summed E-state index contributed by atoms with van der Waals surface area (Å²) in [6, 6.07) is 0. The summed E-state index contributed by atoms with van der Waals surface area (Å²) in [4.78, 5) is 3.94. The summed E-state index contributed by atoms with van der Waals surface area (Å²) in [5.74, 6) is 0. The van der Waals surface area contributed by atoms with Crippen LogP contribution < -0.4 is 0 Å². The summed E-state index contributed by atoms with van der Waals surface area (Å²) in [7, 11) is 0. The third-order valence-corrected chi connectivity index (χ3v) is 1.80. The maximum Gasteiger partial charge on any atom is 0.112 e. The van der Waals surface area contributed by atoms with Crippen LogP contribution in [0.15, 0.2) is 6.33 Å². The number of nitrogens with zero attached hydrogens (tertiary/aromatic N) is 2. The molecule has 1 aromatic rings. The Bertz CT molecular complexity index is 182. The molecule has 0 spiro atoms. The molecule has 0 bridgehead atoms. The van der Waals surface area contributed by atoms with Crippen molar-refractivity contribution in [1.82, 2.24) is 9.55 Å². The zero-order valence-corrected chi connectivity index (χ0v) is 5.30. The van der Waals surface area contributed by atoms with Crippen molar-refractivity contribution in [3.63, 3.8) is 0 Å². The van der Waals surface area contributed by atoms with Crippen LogP contribution in [0.4, 0.5) is 0 Å². The van der Waals surface area contributed by atoms with Crippen molar-refractivity contribution in [2.24, 2.45) is 0 Å². The normalized spacial score (nSPS) is 17.3. The molecule has 0 saturated carbocycles. The lowest BCUT2D eigenvalue weighted by atomic mass is 10.1. The van der Waals surface area contributed by atoms with E-state index in [1.807, 2.05) is 6.33 Å². The molecule has 1 aliphatic heterocycles. The molecule has 0 atom stereocenters. The van der Waals surface area contributed by atoms with Crippen molar-refractivity contribution in [3.8, 4) is 0 Å². The molecular formula is C7H9N2. The smallest absolute Gasteiger partial charge is 0.112 e. The third-order valence-electron chi connectivity index (χ3n) is 1.80. The molecule has 0 aliphatic carbocycles. The van der Waals surface area contributed by atoms with E-state index in [1.54, 1.807) is 0 Å². The van der Waals surface area contributed by atoms with Gasteiger partial charge in [0.1, 0.15) is 6.20 Å². The van der Waals surface area contributed by atoms with Gasteiger partial charge in [0.2, 0.25) is 0 Å². The molecule has 9 heavy (non-hydrogen) atoms. The Morgan fingerprint density at radius 3 is 3.44 bits per heavy atom. The van der Waals surface area contributed by atoms with E-state index in [-0.39, 0.29) is 0 Å². The van der Waals surface area contributed by atoms with Gasteiger partial charge in [-0.2, -0.15) is 0 Å². The predicted molar refractivity (Wildman–Crippen MR) is 34.0 cm³/mol. The summed E-state index contributed by atoms with van der Waals surface area (Å²) in [6.07, 6.45) is 8.62. The third kappa shape index (κ3) is 0.745. The van der Waals surface area contributed by atoms with Crippen LogP contribution in [0, 0.1) is 6.20 Å². The van der Waals surface area contributed by atoms with E-state index in [9.17, 15) is 0 Å². The summed E-state index contributed by atoms with van der Waals surface area (Å²) < 4.78 is 2.18. The molecule has 1 aliphatic rings. The fraction of sp³-hybridized carbons (Fsp3) is 0.571. The molecule has 0 N–H and O–H groups in total. The quantitative estimate of drug-likeness (QED) is 0.501. The lowest BCUT2D eigenvalue weighted by molar-refractivity contribution is 0.531. The van der Waals surface area contributed by atoms with Crippen molar-refractivity contribution in [1.29, 1.82) is 0 Å². The Morgan fingerprint density at radius 2 is 2.56 bits per heavy atom. The minimum Gasteiger partial charge on any atom is -0.334 e. The fourth-order valence-electron chi connectivity index (χ4n) is 1.27. The maximum atomic E-state index is 3.94. The van der Waals surface area contributed by atoms with Gasteiger partial charge >= 0.3 is 0 Å². The highest BCUT2D eigenvalue weighted by atomic mass is 15.0. The van der Waals surface area contributed by atoms with E-state index in [0.717, 1.165) is 6.54 Å². The van der Waals surface area contributed by atoms with Gasteiger partial charge in [0.25, 0.3) is 0 Å². The second kappa shape index (κ2) is 1.87. The number of fused-ring (bicyclic) bond motifs is 1. The van der Waals surface area contributed by atoms with Crippen LogP contribution in [0.25, 0.3) is 0 Å². The zero-order valence-electron chi connectivity index (χ0n) is 5.30. The van der Waals surface area contributed by atoms with Crippen molar-refractivity contribution < 1.29 is 0 Å². The molecule has 2 rings (SSSR count). The van der Waals surface area contributed by atoms with E-state index in [1.165, 1.54) is 25.0 Å². The van der Waals surface area contributed by atoms with Crippen molar-refractivity contribution in [3.05, 3.63) is 18.2 Å². The predicted octanol–water partition coefficient (Wildman–Crippen LogP) is 1.02. The molecule has 0 unspecified atom stereocenters. The summed E-state index contributed by atoms with van der Waals surface area (Å²) >= 11 is 0. The van der Waals surface area contributed by atoms with Crippen LogP contribution in [0.2, 0.25) is 0 Å². The zero-order chi connectivity index (χ0) is 6.10. The monoisotopic (exact) mass is 121 g/mol. The van der Waals surface area contributed by atoms with E-state index in [2.05, 4.69) is 15.7 Å². The van der Waals surface area contributed by atoms with Crippen molar-refractivity contribution in [2.75, 3.05) is 0 Å². The van der Waals surface area contributed by atoms with Gasteiger partial charge in [0.15, 0.2) is 0 Å². The molecule has 2 heterocycles. The van der Waals surface area contributed by atoms with Crippen molar-refractivity contribution >= 4 is 0 Å². The molecule has 1 radical (unpaired) electrons. The van der Waals surface area contributed by atoms with Gasteiger partial charge in [-0.15, -0.1) is 0 Å². The van der Waals surface area contributed by atoms with Crippen LogP contribution in [-0.2, 0) is 13.0 Å². The first-order valence-electron chi connectivity index (χ1n) is 3.38. The summed E-state index contributed by atoms with van der Waals surface area (Å²) in [6.45, 7) is 1.14. The van der Waals surface area contributed by atoms with Crippen LogP contribution in [-0.4, -0.2) is 9.55 Å². The molecular weight excluding hydrogens is 112 g/mol. The average molecular weight is 121 g/mol. The summed E-state index contributed by atoms with van der Waals surface area (Å²) in [5.41, 5.74) is 1.28. The molecule has 0 amide bonds. The minimum atomic E-state index is 1.14. The van der Waals surface area contributed by atoms with Gasteiger partial charge in [-0.1, -0.05) is 0 Å². The Hall–Kier alpha value is -0.790. The first-order valence-corrected chi connectivity index (χ1v) is 3.38. The van der Waals surface area contributed by atoms with E-state index in [0.29, 0.717) is 0 Å². The van der Waals surface area contributed by atoms with Crippen LogP contribution >= 0.6 is 0 Å². The molecule has 2 nitrogen and oxygen atoms in total. The highest BCUT2D eigenvalue weighted by Gasteiger charge is 2.06. The number of hydrogen-bond donors (Lipinski definition) is 0. The molecule has 47 valence electrons. The van der Waals surface area contributed by atoms with Gasteiger partial charge in [-0.05, 0) is 19.3 Å². The van der Waals surface area contributed by atoms with Crippen LogP contribution in [0.5, 0.6) is 0 Å². The number of aryl methyl sites for hydroxylation is 2. The van der Waals surface area contributed by atoms with Crippen molar-refractivity contribution in [2.45, 2.75) is 25.8 Å². The lowest BCUT2D eigenvalue weighted by Gasteiger charge is -2.12. The first kappa shape index (κ1) is 5.03. The Morgan fingerprint density at radius 1 is 1.56 bits per heavy atom. The van der Waals surface area contributed by atoms with Crippen LogP contribution in [0.3, 0.4) is 0 Å². The number of aromatic nitrogens is 2. The molecule has 0 aromatic carbocycles. The number of hydrogen-bond acceptors (Lipinski definition) is 1. The Kier molecular flexibility index (Phi) is 1.04. The van der Waals surface area contributed by atoms with Crippen LogP contribution in [0.1, 0.15) is 18.5 Å². The first-order chi connectivity index (χ1) is 4.47. The standard InChI is InChI=1S/C7H9N2/c1-2-4-9-6-8-5-7(9)3-1/h6H,1-4H2. The lowest BCUT2D eigenvalue weighted by Crippen LogP contribution is -2.07. The largest absolute Gasteiger partial charge is 0.334 e. The second-order valence-corrected chi connectivity index (χ2v) is 2.45. The number of rotatable bonds is 0. The Balaban J connectivity index is 2.39. The van der Waals surface area contributed by atoms with E-state index >= 15 is 0 Å². The molecule has 0 fully saturated rings. The second-order valence-electron chi connectivity index (χ2n) is 2.45. The molecule has 1 aromatic heterocycles. The van der Waals surface area contributed by atoms with E-state index in [4.69, 9.17) is 0 Å². The van der Waals surface area contributed by atoms with Gasteiger partial charge in [-0.3, -0.25) is 0 Å². The Labute approximate surface area is 54.5 Å². The highest BCUT2D eigenvalue weighted by Crippen LogP contribution is 2.11. The SMILES string of the molecule is [c]1ncn2c1CCCC2. The minimum absolute atomic E-state index is 1.14. The summed E-state index contributed by atoms with van der Waals surface area (Å²) in [5, 5.41) is 0. The van der Waals surface area contributed by atoms with E-state index < -0.39 is 0 Å². The average Bonchev–Trinajstić information content (AvgIpc) is 2.33. The van der Waals surface area contributed by atoms with Gasteiger partial charge in [0, 0.05) is 12.2 Å². The van der Waals surface area contributed by atoms with Gasteiger partial charge < -0.3 is 4.57 Å². The topological polar surface area (TPSA) is 17.8 Å². The molecule has 2 heteroatoms. The number of imidazole rings is 1. The highest BCUT2D eigenvalue weighted by molar-refractivity contribution is 4.98. The maximum absolute atomic E-state index is 3.94. The van der Waals surface area contributed by atoms with Gasteiger partial charge in [-0.25, -0.2) is 4.98 Å². The fourth-order valence-corrected chi connectivity index (χ4v) is 1.27.